The van der Waals surface area contributed by atoms with E-state index in [1.165, 1.54) is 0 Å². The van der Waals surface area contributed by atoms with Crippen molar-refractivity contribution in [2.24, 2.45) is 5.73 Å². The number of hydrogen-bond donors (Lipinski definition) is 1. The second kappa shape index (κ2) is 9.70. The highest BCUT2D eigenvalue weighted by molar-refractivity contribution is 7.94. The number of ether oxygens (including phenoxy) is 1. The number of carbonyl (C=O) groups is 1. The van der Waals surface area contributed by atoms with Gasteiger partial charge in [0.25, 0.3) is 0 Å². The van der Waals surface area contributed by atoms with Gasteiger partial charge in [0, 0.05) is 25.4 Å². The predicted octanol–water partition coefficient (Wildman–Crippen LogP) is 0.882. The van der Waals surface area contributed by atoms with Crippen molar-refractivity contribution in [2.75, 3.05) is 33.0 Å². The van der Waals surface area contributed by atoms with Crippen LogP contribution in [0.3, 0.4) is 0 Å². The standard InChI is InChI=1S/C9H18N2O3S.C2H6/c1-11-5-7(10)8(6-11)13-4-3-9(12)14-15-2;1-2/h7-8H,3-6,10H2,1-2H3;1-2H3. The molecule has 17 heavy (non-hydrogen) atoms. The van der Waals surface area contributed by atoms with E-state index < -0.39 is 0 Å². The molecule has 2 N–H and O–H groups in total. The van der Waals surface area contributed by atoms with Crippen molar-refractivity contribution >= 4 is 18.0 Å². The van der Waals surface area contributed by atoms with Gasteiger partial charge in [0.1, 0.15) is 0 Å². The van der Waals surface area contributed by atoms with Crippen LogP contribution in [0.5, 0.6) is 0 Å². The molecule has 0 aromatic heterocycles. The van der Waals surface area contributed by atoms with Crippen molar-refractivity contribution in [2.45, 2.75) is 32.4 Å². The van der Waals surface area contributed by atoms with Crippen LogP contribution in [0.2, 0.25) is 0 Å². The van der Waals surface area contributed by atoms with E-state index in [1.54, 1.807) is 6.26 Å². The highest BCUT2D eigenvalue weighted by Crippen LogP contribution is 2.10. The Hall–Kier alpha value is -0.300. The fourth-order valence-electron chi connectivity index (χ4n) is 1.60. The van der Waals surface area contributed by atoms with Crippen LogP contribution in [0.25, 0.3) is 0 Å². The summed E-state index contributed by atoms with van der Waals surface area (Å²) in [6, 6.07) is 0.0478. The Labute approximate surface area is 108 Å². The molecule has 0 aromatic rings. The molecule has 1 aliphatic heterocycles. The summed E-state index contributed by atoms with van der Waals surface area (Å²) in [5.41, 5.74) is 5.86. The first-order valence-corrected chi connectivity index (χ1v) is 7.07. The minimum Gasteiger partial charge on any atom is -0.392 e. The van der Waals surface area contributed by atoms with E-state index in [0.29, 0.717) is 6.61 Å². The van der Waals surface area contributed by atoms with Gasteiger partial charge in [-0.1, -0.05) is 13.8 Å². The Bertz CT molecular complexity index is 217. The number of rotatable bonds is 5. The summed E-state index contributed by atoms with van der Waals surface area (Å²) in [4.78, 5) is 13.1. The van der Waals surface area contributed by atoms with Crippen LogP contribution in [0.15, 0.2) is 0 Å². The maximum absolute atomic E-state index is 11.0. The molecule has 0 aromatic carbocycles. The first kappa shape index (κ1) is 16.7. The zero-order chi connectivity index (χ0) is 13.3. The van der Waals surface area contributed by atoms with Crippen LogP contribution in [0, 0.1) is 0 Å². The lowest BCUT2D eigenvalue weighted by molar-refractivity contribution is -0.134. The number of likely N-dealkylation sites (N-methyl/N-ethyl adjacent to an activating group) is 1. The lowest BCUT2D eigenvalue weighted by Crippen LogP contribution is -2.35. The number of nitrogens with zero attached hydrogens (tertiary/aromatic N) is 1. The van der Waals surface area contributed by atoms with Crippen molar-refractivity contribution in [1.82, 2.24) is 4.90 Å². The Morgan fingerprint density at radius 2 is 2.12 bits per heavy atom. The van der Waals surface area contributed by atoms with Gasteiger partial charge < -0.3 is 19.6 Å². The average molecular weight is 264 g/mol. The van der Waals surface area contributed by atoms with E-state index in [4.69, 9.17) is 14.7 Å². The molecule has 0 bridgehead atoms. The molecule has 0 saturated carbocycles. The zero-order valence-corrected chi connectivity index (χ0v) is 12.0. The molecule has 5 nitrogen and oxygen atoms in total. The van der Waals surface area contributed by atoms with Gasteiger partial charge in [-0.25, -0.2) is 0 Å². The number of likely N-dealkylation sites (tertiary alicyclic amines) is 1. The van der Waals surface area contributed by atoms with E-state index in [-0.39, 0.29) is 24.5 Å². The molecule has 102 valence electrons. The second-order valence-electron chi connectivity index (χ2n) is 3.67. The van der Waals surface area contributed by atoms with Gasteiger partial charge in [-0.2, -0.15) is 0 Å². The van der Waals surface area contributed by atoms with Gasteiger partial charge in [0.15, 0.2) is 0 Å². The van der Waals surface area contributed by atoms with Crippen LogP contribution < -0.4 is 5.73 Å². The Morgan fingerprint density at radius 1 is 1.47 bits per heavy atom. The van der Waals surface area contributed by atoms with Gasteiger partial charge in [-0.05, 0) is 7.05 Å². The summed E-state index contributed by atoms with van der Waals surface area (Å²) in [6.07, 6.45) is 2.03. The third-order valence-electron chi connectivity index (χ3n) is 2.31. The molecule has 0 radical (unpaired) electrons. The zero-order valence-electron chi connectivity index (χ0n) is 11.1. The molecule has 1 saturated heterocycles. The Kier molecular flexibility index (Phi) is 9.53. The highest BCUT2D eigenvalue weighted by atomic mass is 32.2. The SMILES string of the molecule is CC.CSOC(=O)CCOC1CN(C)CC1N. The quantitative estimate of drug-likeness (QED) is 0.744. The van der Waals surface area contributed by atoms with Gasteiger partial charge in [-0.15, -0.1) is 0 Å². The average Bonchev–Trinajstić information content (AvgIpc) is 2.61. The molecule has 2 atom stereocenters. The lowest BCUT2D eigenvalue weighted by atomic mass is 10.2. The fraction of sp³-hybridized carbons (Fsp3) is 0.909. The van der Waals surface area contributed by atoms with Gasteiger partial charge in [-0.3, -0.25) is 4.79 Å². The van der Waals surface area contributed by atoms with Gasteiger partial charge >= 0.3 is 5.97 Å². The summed E-state index contributed by atoms with van der Waals surface area (Å²) >= 11 is 1.06. The molecular weight excluding hydrogens is 240 g/mol. The van der Waals surface area contributed by atoms with E-state index in [9.17, 15) is 4.79 Å². The Balaban J connectivity index is 0.00000121. The second-order valence-corrected chi connectivity index (χ2v) is 4.17. The van der Waals surface area contributed by atoms with Crippen molar-refractivity contribution < 1.29 is 13.7 Å². The van der Waals surface area contributed by atoms with Crippen molar-refractivity contribution in [3.63, 3.8) is 0 Å². The van der Waals surface area contributed by atoms with E-state index in [1.807, 2.05) is 20.9 Å². The third-order valence-corrected chi connectivity index (χ3v) is 2.66. The normalized spacial score (nSPS) is 24.1. The van der Waals surface area contributed by atoms with E-state index in [0.717, 1.165) is 25.1 Å². The smallest absolute Gasteiger partial charge is 0.320 e. The molecule has 0 aliphatic carbocycles. The topological polar surface area (TPSA) is 64.8 Å². The van der Waals surface area contributed by atoms with Crippen molar-refractivity contribution in [3.8, 4) is 0 Å². The van der Waals surface area contributed by atoms with Gasteiger partial charge in [0.05, 0.1) is 31.2 Å². The van der Waals surface area contributed by atoms with Crippen LogP contribution in [-0.2, 0) is 13.7 Å². The minimum atomic E-state index is -0.248. The first-order valence-electron chi connectivity index (χ1n) is 5.92. The van der Waals surface area contributed by atoms with Crippen LogP contribution in [-0.4, -0.2) is 56.0 Å². The molecule has 6 heteroatoms. The summed E-state index contributed by atoms with van der Waals surface area (Å²) in [5.74, 6) is -0.248. The molecule has 1 rings (SSSR count). The maximum Gasteiger partial charge on any atom is 0.320 e. The molecule has 2 unspecified atom stereocenters. The molecular formula is C11H24N2O3S. The first-order chi connectivity index (χ1) is 8.13. The lowest BCUT2D eigenvalue weighted by Gasteiger charge is -2.14. The maximum atomic E-state index is 11.0. The molecule has 1 heterocycles. The number of hydrogen-bond acceptors (Lipinski definition) is 6. The fourth-order valence-corrected chi connectivity index (χ4v) is 1.87. The van der Waals surface area contributed by atoms with E-state index >= 15 is 0 Å². The summed E-state index contributed by atoms with van der Waals surface area (Å²) in [7, 11) is 2.01. The van der Waals surface area contributed by atoms with Crippen LogP contribution >= 0.6 is 12.0 Å². The monoisotopic (exact) mass is 264 g/mol. The highest BCUT2D eigenvalue weighted by Gasteiger charge is 2.28. The molecule has 1 fully saturated rings. The predicted molar refractivity (Wildman–Crippen MR) is 70.8 cm³/mol. The molecule has 1 aliphatic rings. The van der Waals surface area contributed by atoms with Crippen molar-refractivity contribution in [1.29, 1.82) is 0 Å². The minimum absolute atomic E-state index is 0.0390. The molecule has 0 amide bonds. The number of nitrogens with two attached hydrogens (primary N) is 1. The third kappa shape index (κ3) is 6.88. The van der Waals surface area contributed by atoms with Gasteiger partial charge in [0.2, 0.25) is 0 Å². The van der Waals surface area contributed by atoms with E-state index in [2.05, 4.69) is 4.90 Å². The number of carbonyl (C=O) groups excluding carboxylic acids is 1. The summed E-state index contributed by atoms with van der Waals surface area (Å²) in [6.45, 7) is 6.06. The van der Waals surface area contributed by atoms with Crippen molar-refractivity contribution in [3.05, 3.63) is 0 Å². The Morgan fingerprint density at radius 3 is 2.59 bits per heavy atom. The van der Waals surface area contributed by atoms with Crippen LogP contribution in [0.4, 0.5) is 0 Å². The summed E-state index contributed by atoms with van der Waals surface area (Å²) < 4.78 is 10.2. The molecule has 0 spiro atoms. The largest absolute Gasteiger partial charge is 0.392 e. The summed E-state index contributed by atoms with van der Waals surface area (Å²) in [5, 5.41) is 0. The van der Waals surface area contributed by atoms with Crippen LogP contribution in [0.1, 0.15) is 20.3 Å².